The number of halogens is 1. The maximum Gasteiger partial charge on any atom is 0.243 e. The van der Waals surface area contributed by atoms with Gasteiger partial charge in [-0.1, -0.05) is 15.9 Å². The van der Waals surface area contributed by atoms with Gasteiger partial charge in [0.1, 0.15) is 4.90 Å². The molecule has 3 N–H and O–H groups in total. The Balaban J connectivity index is 2.27. The van der Waals surface area contributed by atoms with Gasteiger partial charge in [0.05, 0.1) is 5.69 Å². The maximum atomic E-state index is 12.4. The molecule has 7 heteroatoms. The SMILES string of the molecule is CC1(NS(=O)(=O)c2ccc(Br)cc2N)CCOCC1. The lowest BCUT2D eigenvalue weighted by Crippen LogP contribution is -2.49. The summed E-state index contributed by atoms with van der Waals surface area (Å²) in [6.07, 6.45) is 1.31. The molecule has 0 atom stereocenters. The van der Waals surface area contributed by atoms with Crippen molar-refractivity contribution in [3.05, 3.63) is 22.7 Å². The van der Waals surface area contributed by atoms with Crippen molar-refractivity contribution in [3.8, 4) is 0 Å². The number of nitrogen functional groups attached to an aromatic ring is 1. The molecule has 5 nitrogen and oxygen atoms in total. The zero-order valence-electron chi connectivity index (χ0n) is 10.6. The molecule has 106 valence electrons. The normalized spacial score (nSPS) is 19.3. The predicted octanol–water partition coefficient (Wildman–Crippen LogP) is 1.88. The van der Waals surface area contributed by atoms with E-state index in [0.29, 0.717) is 26.1 Å². The summed E-state index contributed by atoms with van der Waals surface area (Å²) in [7, 11) is -3.62. The van der Waals surface area contributed by atoms with Crippen LogP contribution in [0.15, 0.2) is 27.6 Å². The predicted molar refractivity (Wildman–Crippen MR) is 77.3 cm³/mol. The van der Waals surface area contributed by atoms with Gasteiger partial charge in [-0.05, 0) is 38.0 Å². The number of benzene rings is 1. The Kier molecular flexibility index (Phi) is 4.20. The average Bonchev–Trinajstić information content (AvgIpc) is 2.27. The minimum atomic E-state index is -3.62. The van der Waals surface area contributed by atoms with Crippen LogP contribution in [0.3, 0.4) is 0 Å². The van der Waals surface area contributed by atoms with Gasteiger partial charge in [0.25, 0.3) is 0 Å². The van der Waals surface area contributed by atoms with Gasteiger partial charge in [0.2, 0.25) is 10.0 Å². The second kappa shape index (κ2) is 5.40. The molecular weight excluding hydrogens is 332 g/mol. The highest BCUT2D eigenvalue weighted by molar-refractivity contribution is 9.10. The van der Waals surface area contributed by atoms with Gasteiger partial charge in [0.15, 0.2) is 0 Å². The molecule has 1 aromatic carbocycles. The van der Waals surface area contributed by atoms with Crippen LogP contribution in [-0.4, -0.2) is 27.2 Å². The molecule has 0 saturated carbocycles. The summed E-state index contributed by atoms with van der Waals surface area (Å²) in [5, 5.41) is 0. The van der Waals surface area contributed by atoms with Crippen molar-refractivity contribution in [2.75, 3.05) is 18.9 Å². The summed E-state index contributed by atoms with van der Waals surface area (Å²) >= 11 is 3.26. The first-order chi connectivity index (χ1) is 8.82. The van der Waals surface area contributed by atoms with Crippen LogP contribution in [-0.2, 0) is 14.8 Å². The van der Waals surface area contributed by atoms with Crippen molar-refractivity contribution in [3.63, 3.8) is 0 Å². The summed E-state index contributed by atoms with van der Waals surface area (Å²) in [4.78, 5) is 0.114. The summed E-state index contributed by atoms with van der Waals surface area (Å²) < 4.78 is 33.5. The lowest BCUT2D eigenvalue weighted by atomic mass is 9.94. The molecule has 0 unspecified atom stereocenters. The largest absolute Gasteiger partial charge is 0.398 e. The van der Waals surface area contributed by atoms with E-state index in [-0.39, 0.29) is 10.6 Å². The molecule has 0 aliphatic carbocycles. The van der Waals surface area contributed by atoms with Gasteiger partial charge in [-0.2, -0.15) is 0 Å². The maximum absolute atomic E-state index is 12.4. The fourth-order valence-electron chi connectivity index (χ4n) is 2.07. The molecule has 1 aliphatic heterocycles. The molecular formula is C12H17BrN2O3S. The Morgan fingerprint density at radius 1 is 1.37 bits per heavy atom. The Labute approximate surface area is 121 Å². The van der Waals surface area contributed by atoms with Crippen LogP contribution >= 0.6 is 15.9 Å². The summed E-state index contributed by atoms with van der Waals surface area (Å²) in [6, 6.07) is 4.75. The average molecular weight is 349 g/mol. The van der Waals surface area contributed by atoms with Crippen LogP contribution < -0.4 is 10.5 Å². The molecule has 0 aromatic heterocycles. The van der Waals surface area contributed by atoms with Crippen molar-refractivity contribution in [1.29, 1.82) is 0 Å². The Morgan fingerprint density at radius 3 is 2.58 bits per heavy atom. The van der Waals surface area contributed by atoms with Gasteiger partial charge in [-0.25, -0.2) is 13.1 Å². The van der Waals surface area contributed by atoms with E-state index < -0.39 is 15.6 Å². The molecule has 1 aliphatic rings. The molecule has 2 rings (SSSR count). The van der Waals surface area contributed by atoms with E-state index in [1.54, 1.807) is 12.1 Å². The molecule has 0 spiro atoms. The fourth-order valence-corrected chi connectivity index (χ4v) is 4.03. The monoisotopic (exact) mass is 348 g/mol. The lowest BCUT2D eigenvalue weighted by Gasteiger charge is -2.34. The summed E-state index contributed by atoms with van der Waals surface area (Å²) in [5.74, 6) is 0. The van der Waals surface area contributed by atoms with Crippen molar-refractivity contribution >= 4 is 31.6 Å². The zero-order valence-corrected chi connectivity index (χ0v) is 13.1. The van der Waals surface area contributed by atoms with Crippen LogP contribution in [0.4, 0.5) is 5.69 Å². The third-order valence-corrected chi connectivity index (χ3v) is 5.44. The number of nitrogens with two attached hydrogens (primary N) is 1. The summed E-state index contributed by atoms with van der Waals surface area (Å²) in [6.45, 7) is 3.02. The van der Waals surface area contributed by atoms with Crippen molar-refractivity contribution in [2.24, 2.45) is 0 Å². The zero-order chi connectivity index (χ0) is 14.1. The van der Waals surface area contributed by atoms with Crippen LogP contribution in [0.1, 0.15) is 19.8 Å². The van der Waals surface area contributed by atoms with E-state index in [9.17, 15) is 8.42 Å². The second-order valence-electron chi connectivity index (χ2n) is 4.96. The van der Waals surface area contributed by atoms with Crippen molar-refractivity contribution < 1.29 is 13.2 Å². The Bertz CT molecular complexity index is 568. The number of hydrogen-bond acceptors (Lipinski definition) is 4. The molecule has 19 heavy (non-hydrogen) atoms. The van der Waals surface area contributed by atoms with Gasteiger partial charge in [0, 0.05) is 23.2 Å². The smallest absolute Gasteiger partial charge is 0.243 e. The van der Waals surface area contributed by atoms with Crippen LogP contribution in [0.2, 0.25) is 0 Å². The molecule has 1 saturated heterocycles. The van der Waals surface area contributed by atoms with E-state index in [4.69, 9.17) is 10.5 Å². The van der Waals surface area contributed by atoms with Gasteiger partial charge in [-0.15, -0.1) is 0 Å². The lowest BCUT2D eigenvalue weighted by molar-refractivity contribution is 0.0537. The van der Waals surface area contributed by atoms with Crippen LogP contribution in [0.25, 0.3) is 0 Å². The summed E-state index contributed by atoms with van der Waals surface area (Å²) in [5.41, 5.74) is 5.54. The molecule has 1 aromatic rings. The first kappa shape index (κ1) is 14.8. The van der Waals surface area contributed by atoms with E-state index in [1.165, 1.54) is 6.07 Å². The molecule has 0 radical (unpaired) electrons. The number of hydrogen-bond donors (Lipinski definition) is 2. The number of nitrogens with one attached hydrogen (secondary N) is 1. The van der Waals surface area contributed by atoms with E-state index in [2.05, 4.69) is 20.7 Å². The topological polar surface area (TPSA) is 81.4 Å². The quantitative estimate of drug-likeness (QED) is 0.817. The standard InChI is InChI=1S/C12H17BrN2O3S/c1-12(4-6-18-7-5-12)15-19(16,17)11-3-2-9(13)8-10(11)14/h2-3,8,15H,4-7,14H2,1H3. The highest BCUT2D eigenvalue weighted by Crippen LogP contribution is 2.27. The Hall–Kier alpha value is -0.630. The van der Waals surface area contributed by atoms with E-state index in [0.717, 1.165) is 4.47 Å². The first-order valence-corrected chi connectivity index (χ1v) is 8.27. The van der Waals surface area contributed by atoms with E-state index >= 15 is 0 Å². The van der Waals surface area contributed by atoms with Crippen molar-refractivity contribution in [2.45, 2.75) is 30.2 Å². The van der Waals surface area contributed by atoms with Gasteiger partial charge < -0.3 is 10.5 Å². The van der Waals surface area contributed by atoms with Crippen molar-refractivity contribution in [1.82, 2.24) is 4.72 Å². The highest BCUT2D eigenvalue weighted by atomic mass is 79.9. The molecule has 1 heterocycles. The fraction of sp³-hybridized carbons (Fsp3) is 0.500. The molecule has 0 bridgehead atoms. The van der Waals surface area contributed by atoms with Gasteiger partial charge in [-0.3, -0.25) is 0 Å². The Morgan fingerprint density at radius 2 is 2.00 bits per heavy atom. The molecule has 0 amide bonds. The number of anilines is 1. The van der Waals surface area contributed by atoms with Crippen LogP contribution in [0, 0.1) is 0 Å². The molecule has 1 fully saturated rings. The van der Waals surface area contributed by atoms with Crippen LogP contribution in [0.5, 0.6) is 0 Å². The first-order valence-electron chi connectivity index (χ1n) is 5.99. The minimum absolute atomic E-state index is 0.114. The number of sulfonamides is 1. The number of ether oxygens (including phenoxy) is 1. The second-order valence-corrected chi connectivity index (χ2v) is 7.53. The van der Waals surface area contributed by atoms with E-state index in [1.807, 2.05) is 6.92 Å². The highest BCUT2D eigenvalue weighted by Gasteiger charge is 2.33. The third-order valence-electron chi connectivity index (χ3n) is 3.24. The number of rotatable bonds is 3. The minimum Gasteiger partial charge on any atom is -0.398 e. The third kappa shape index (κ3) is 3.47. The van der Waals surface area contributed by atoms with Gasteiger partial charge >= 0.3 is 0 Å².